The number of nitro groups is 1. The van der Waals surface area contributed by atoms with E-state index in [0.717, 1.165) is 37.8 Å². The van der Waals surface area contributed by atoms with Gasteiger partial charge in [0, 0.05) is 30.3 Å². The lowest BCUT2D eigenvalue weighted by Gasteiger charge is -2.39. The molecule has 0 heterocycles. The van der Waals surface area contributed by atoms with E-state index < -0.39 is 0 Å². The summed E-state index contributed by atoms with van der Waals surface area (Å²) in [7, 11) is 0. The molecule has 5 heteroatoms. The summed E-state index contributed by atoms with van der Waals surface area (Å²) in [5, 5.41) is 10.7. The molecule has 1 aliphatic carbocycles. The van der Waals surface area contributed by atoms with Gasteiger partial charge in [0.15, 0.2) is 0 Å². The average molecular weight is 291 g/mol. The van der Waals surface area contributed by atoms with E-state index in [4.69, 9.17) is 5.73 Å². The second kappa shape index (κ2) is 7.00. The van der Waals surface area contributed by atoms with Crippen molar-refractivity contribution in [3.8, 4) is 0 Å². The molecule has 1 unspecified atom stereocenters. The number of hydrogen-bond acceptors (Lipinski definition) is 4. The van der Waals surface area contributed by atoms with Crippen molar-refractivity contribution in [2.45, 2.75) is 57.7 Å². The van der Waals surface area contributed by atoms with Gasteiger partial charge < -0.3 is 5.73 Å². The Kier molecular flexibility index (Phi) is 5.31. The van der Waals surface area contributed by atoms with Crippen LogP contribution in [0.15, 0.2) is 24.3 Å². The largest absolute Gasteiger partial charge is 0.328 e. The van der Waals surface area contributed by atoms with Gasteiger partial charge in [-0.05, 0) is 44.7 Å². The Labute approximate surface area is 126 Å². The highest BCUT2D eigenvalue weighted by atomic mass is 16.6. The molecular weight excluding hydrogens is 266 g/mol. The van der Waals surface area contributed by atoms with E-state index in [1.807, 2.05) is 12.1 Å². The normalized spacial score (nSPS) is 24.0. The number of hydrogen-bond donors (Lipinski definition) is 1. The SMILES string of the molecule is CCN(C1CCC(N)CC1)C(C)c1ccc([N+](=O)[O-])cc1. The number of benzene rings is 1. The fourth-order valence-corrected chi connectivity index (χ4v) is 3.35. The predicted molar refractivity (Wildman–Crippen MR) is 84.1 cm³/mol. The minimum absolute atomic E-state index is 0.151. The molecule has 0 amide bonds. The van der Waals surface area contributed by atoms with Crippen molar-refractivity contribution < 1.29 is 4.92 Å². The fourth-order valence-electron chi connectivity index (χ4n) is 3.35. The lowest BCUT2D eigenvalue weighted by Crippen LogP contribution is -2.42. The molecule has 0 aliphatic heterocycles. The van der Waals surface area contributed by atoms with Gasteiger partial charge in [0.1, 0.15) is 0 Å². The molecule has 1 aromatic carbocycles. The monoisotopic (exact) mass is 291 g/mol. The van der Waals surface area contributed by atoms with Crippen LogP contribution in [-0.2, 0) is 0 Å². The fraction of sp³-hybridized carbons (Fsp3) is 0.625. The van der Waals surface area contributed by atoms with E-state index in [0.29, 0.717) is 12.1 Å². The van der Waals surface area contributed by atoms with Gasteiger partial charge in [-0.3, -0.25) is 15.0 Å². The van der Waals surface area contributed by atoms with Gasteiger partial charge in [-0.1, -0.05) is 19.1 Å². The summed E-state index contributed by atoms with van der Waals surface area (Å²) in [5.74, 6) is 0. The summed E-state index contributed by atoms with van der Waals surface area (Å²) in [6.45, 7) is 5.34. The Morgan fingerprint density at radius 3 is 2.33 bits per heavy atom. The Morgan fingerprint density at radius 1 is 1.29 bits per heavy atom. The molecule has 5 nitrogen and oxygen atoms in total. The van der Waals surface area contributed by atoms with Gasteiger partial charge in [0.25, 0.3) is 5.69 Å². The number of nitro benzene ring substituents is 1. The third-order valence-electron chi connectivity index (χ3n) is 4.66. The minimum atomic E-state index is -0.353. The van der Waals surface area contributed by atoms with Gasteiger partial charge in [-0.15, -0.1) is 0 Å². The van der Waals surface area contributed by atoms with Crippen LogP contribution in [0.2, 0.25) is 0 Å². The van der Waals surface area contributed by atoms with E-state index in [-0.39, 0.29) is 16.7 Å². The van der Waals surface area contributed by atoms with Crippen molar-refractivity contribution in [2.75, 3.05) is 6.54 Å². The summed E-state index contributed by atoms with van der Waals surface area (Å²) in [4.78, 5) is 12.9. The minimum Gasteiger partial charge on any atom is -0.328 e. The van der Waals surface area contributed by atoms with Crippen LogP contribution < -0.4 is 5.73 Å². The molecule has 2 N–H and O–H groups in total. The van der Waals surface area contributed by atoms with E-state index in [1.165, 1.54) is 0 Å². The van der Waals surface area contributed by atoms with Crippen molar-refractivity contribution >= 4 is 5.69 Å². The quantitative estimate of drug-likeness (QED) is 0.667. The van der Waals surface area contributed by atoms with Crippen molar-refractivity contribution in [1.82, 2.24) is 4.90 Å². The molecule has 0 bridgehead atoms. The first-order valence-corrected chi connectivity index (χ1v) is 7.78. The summed E-state index contributed by atoms with van der Waals surface area (Å²) < 4.78 is 0. The summed E-state index contributed by atoms with van der Waals surface area (Å²) in [6, 6.07) is 8.14. The highest BCUT2D eigenvalue weighted by Crippen LogP contribution is 2.30. The number of nitrogens with two attached hydrogens (primary N) is 1. The Balaban J connectivity index is 2.08. The Morgan fingerprint density at radius 2 is 1.86 bits per heavy atom. The number of rotatable bonds is 5. The van der Waals surface area contributed by atoms with E-state index >= 15 is 0 Å². The topological polar surface area (TPSA) is 72.4 Å². The molecule has 0 spiro atoms. The van der Waals surface area contributed by atoms with Gasteiger partial charge >= 0.3 is 0 Å². The van der Waals surface area contributed by atoms with E-state index in [9.17, 15) is 10.1 Å². The van der Waals surface area contributed by atoms with Crippen LogP contribution in [0.4, 0.5) is 5.69 Å². The van der Waals surface area contributed by atoms with Crippen molar-refractivity contribution in [1.29, 1.82) is 0 Å². The summed E-state index contributed by atoms with van der Waals surface area (Å²) in [5.41, 5.74) is 7.28. The third-order valence-corrected chi connectivity index (χ3v) is 4.66. The molecule has 0 radical (unpaired) electrons. The maximum absolute atomic E-state index is 10.7. The molecule has 1 aliphatic rings. The first-order valence-electron chi connectivity index (χ1n) is 7.78. The molecule has 1 atom stereocenters. The first-order chi connectivity index (χ1) is 10.0. The second-order valence-corrected chi connectivity index (χ2v) is 5.92. The zero-order valence-electron chi connectivity index (χ0n) is 12.9. The lowest BCUT2D eigenvalue weighted by atomic mass is 9.89. The lowest BCUT2D eigenvalue weighted by molar-refractivity contribution is -0.384. The second-order valence-electron chi connectivity index (χ2n) is 5.92. The Hall–Kier alpha value is -1.46. The molecular formula is C16H25N3O2. The zero-order valence-corrected chi connectivity index (χ0v) is 12.9. The highest BCUT2D eigenvalue weighted by molar-refractivity contribution is 5.34. The molecule has 2 rings (SSSR count). The Bertz CT molecular complexity index is 467. The molecule has 1 aromatic rings. The van der Waals surface area contributed by atoms with Gasteiger partial charge in [0.2, 0.25) is 0 Å². The van der Waals surface area contributed by atoms with E-state index in [1.54, 1.807) is 12.1 Å². The number of nitrogens with zero attached hydrogens (tertiary/aromatic N) is 2. The summed E-state index contributed by atoms with van der Waals surface area (Å²) in [6.07, 6.45) is 4.47. The van der Waals surface area contributed by atoms with Crippen LogP contribution in [0, 0.1) is 10.1 Å². The standard InChI is InChI=1S/C16H25N3O2/c1-3-18(15-10-6-14(17)7-11-15)12(2)13-4-8-16(9-5-13)19(20)21/h4-5,8-9,12,14-15H,3,6-7,10-11,17H2,1-2H3. The smallest absolute Gasteiger partial charge is 0.269 e. The molecule has 21 heavy (non-hydrogen) atoms. The molecule has 0 saturated heterocycles. The van der Waals surface area contributed by atoms with Crippen molar-refractivity contribution in [3.63, 3.8) is 0 Å². The van der Waals surface area contributed by atoms with Crippen LogP contribution in [0.25, 0.3) is 0 Å². The maximum Gasteiger partial charge on any atom is 0.269 e. The molecule has 0 aromatic heterocycles. The average Bonchev–Trinajstić information content (AvgIpc) is 2.50. The zero-order chi connectivity index (χ0) is 15.4. The van der Waals surface area contributed by atoms with Crippen LogP contribution >= 0.6 is 0 Å². The van der Waals surface area contributed by atoms with Gasteiger partial charge in [-0.25, -0.2) is 0 Å². The summed E-state index contributed by atoms with van der Waals surface area (Å²) >= 11 is 0. The van der Waals surface area contributed by atoms with Crippen LogP contribution in [0.1, 0.15) is 51.1 Å². The van der Waals surface area contributed by atoms with Gasteiger partial charge in [-0.2, -0.15) is 0 Å². The van der Waals surface area contributed by atoms with Crippen LogP contribution in [0.5, 0.6) is 0 Å². The highest BCUT2D eigenvalue weighted by Gasteiger charge is 2.27. The molecule has 116 valence electrons. The first kappa shape index (κ1) is 15.9. The predicted octanol–water partition coefficient (Wildman–Crippen LogP) is 3.25. The van der Waals surface area contributed by atoms with Crippen LogP contribution in [-0.4, -0.2) is 28.5 Å². The van der Waals surface area contributed by atoms with E-state index in [2.05, 4.69) is 18.7 Å². The maximum atomic E-state index is 10.7. The molecule has 1 fully saturated rings. The third kappa shape index (κ3) is 3.80. The van der Waals surface area contributed by atoms with Crippen LogP contribution in [0.3, 0.4) is 0 Å². The van der Waals surface area contributed by atoms with Gasteiger partial charge in [0.05, 0.1) is 4.92 Å². The van der Waals surface area contributed by atoms with Crippen molar-refractivity contribution in [2.24, 2.45) is 5.73 Å². The van der Waals surface area contributed by atoms with Crippen molar-refractivity contribution in [3.05, 3.63) is 39.9 Å². The number of non-ortho nitro benzene ring substituents is 1. The molecule has 1 saturated carbocycles.